The Balaban J connectivity index is 1.32. The molecule has 3 aromatic carbocycles. The Morgan fingerprint density at radius 3 is 1.81 bits per heavy atom. The number of rotatable bonds is 3. The minimum absolute atomic E-state index is 0.181. The molecule has 0 N–H and O–H groups in total. The number of ketones is 2. The molecule has 5 aromatic rings. The molecule has 2 nitrogen and oxygen atoms in total. The molecule has 0 amide bonds. The number of carbonyl (C=O) groups excluding carboxylic acids is 2. The smallest absolute Gasteiger partial charge is 0.197 e. The molecule has 0 saturated carbocycles. The van der Waals surface area contributed by atoms with Gasteiger partial charge in [0.25, 0.3) is 0 Å². The summed E-state index contributed by atoms with van der Waals surface area (Å²) in [5, 5.41) is 1.95. The fourth-order valence-corrected chi connectivity index (χ4v) is 6.32. The van der Waals surface area contributed by atoms with E-state index >= 15 is 0 Å². The molecular weight excluding hydrogens is 432 g/mol. The lowest BCUT2D eigenvalue weighted by atomic mass is 10.0. The normalized spacial score (nSPS) is 13.6. The number of hydrogen-bond donors (Lipinski definition) is 0. The van der Waals surface area contributed by atoms with Gasteiger partial charge in [-0.2, -0.15) is 0 Å². The van der Waals surface area contributed by atoms with Crippen molar-refractivity contribution in [3.8, 4) is 0 Å². The van der Waals surface area contributed by atoms with Crippen LogP contribution in [0.5, 0.6) is 0 Å². The fourth-order valence-electron chi connectivity index (χ4n) is 4.05. The molecule has 1 aliphatic carbocycles. The summed E-state index contributed by atoms with van der Waals surface area (Å²) >= 11 is 3.32. The minimum atomic E-state index is -0.181. The van der Waals surface area contributed by atoms with Gasteiger partial charge in [0.1, 0.15) is 0 Å². The molecule has 0 aliphatic heterocycles. The molecular formula is C28H16O2S2. The van der Waals surface area contributed by atoms with Crippen LogP contribution < -0.4 is 0 Å². The molecule has 0 unspecified atom stereocenters. The van der Waals surface area contributed by atoms with Crippen molar-refractivity contribution in [3.63, 3.8) is 0 Å². The van der Waals surface area contributed by atoms with Crippen LogP contribution in [-0.4, -0.2) is 11.6 Å². The van der Waals surface area contributed by atoms with Crippen molar-refractivity contribution in [2.75, 3.05) is 0 Å². The Hall–Kier alpha value is -3.60. The zero-order valence-corrected chi connectivity index (χ0v) is 18.5. The first-order chi connectivity index (χ1) is 15.7. The average Bonchev–Trinajstić information content (AvgIpc) is 3.44. The van der Waals surface area contributed by atoms with E-state index in [1.807, 2.05) is 54.6 Å². The van der Waals surface area contributed by atoms with Crippen LogP contribution in [0.25, 0.3) is 38.4 Å². The zero-order chi connectivity index (χ0) is 21.7. The fraction of sp³-hybridized carbons (Fsp3) is 0. The maximum absolute atomic E-state index is 13.0. The van der Waals surface area contributed by atoms with Gasteiger partial charge in [-0.25, -0.2) is 0 Å². The van der Waals surface area contributed by atoms with Crippen LogP contribution in [0, 0.1) is 0 Å². The van der Waals surface area contributed by atoms with Crippen LogP contribution in [0.15, 0.2) is 84.4 Å². The van der Waals surface area contributed by atoms with Crippen LogP contribution in [0.1, 0.15) is 36.0 Å². The molecule has 4 heteroatoms. The van der Waals surface area contributed by atoms with E-state index in [1.54, 1.807) is 28.7 Å². The quantitative estimate of drug-likeness (QED) is 0.209. The number of fused-ring (bicyclic) bond motifs is 3. The second kappa shape index (κ2) is 7.52. The van der Waals surface area contributed by atoms with Gasteiger partial charge in [0, 0.05) is 30.3 Å². The molecule has 1 aliphatic rings. The van der Waals surface area contributed by atoms with Crippen molar-refractivity contribution in [1.29, 1.82) is 0 Å². The summed E-state index contributed by atoms with van der Waals surface area (Å²) in [5.41, 5.74) is 2.44. The van der Waals surface area contributed by atoms with Gasteiger partial charge in [0.05, 0.1) is 5.57 Å². The highest BCUT2D eigenvalue weighted by atomic mass is 32.1. The summed E-state index contributed by atoms with van der Waals surface area (Å²) in [5.74, 6) is -0.363. The van der Waals surface area contributed by atoms with Gasteiger partial charge in [-0.1, -0.05) is 60.7 Å². The van der Waals surface area contributed by atoms with Crippen molar-refractivity contribution >= 4 is 72.6 Å². The van der Waals surface area contributed by atoms with E-state index in [1.165, 1.54) is 10.4 Å². The summed E-state index contributed by atoms with van der Waals surface area (Å²) in [7, 11) is 0. The summed E-state index contributed by atoms with van der Waals surface area (Å²) in [6, 6.07) is 25.9. The van der Waals surface area contributed by atoms with Gasteiger partial charge in [-0.05, 0) is 52.8 Å². The first-order valence-electron chi connectivity index (χ1n) is 10.3. The monoisotopic (exact) mass is 448 g/mol. The first kappa shape index (κ1) is 19.1. The minimum Gasteiger partial charge on any atom is -0.288 e. The molecule has 6 rings (SSSR count). The van der Waals surface area contributed by atoms with Crippen LogP contribution in [0.4, 0.5) is 0 Å². The van der Waals surface area contributed by atoms with Gasteiger partial charge >= 0.3 is 0 Å². The molecule has 0 radical (unpaired) electrons. The van der Waals surface area contributed by atoms with Gasteiger partial charge in [0.15, 0.2) is 11.6 Å². The predicted molar refractivity (Wildman–Crippen MR) is 136 cm³/mol. The predicted octanol–water partition coefficient (Wildman–Crippen LogP) is 7.75. The van der Waals surface area contributed by atoms with Crippen LogP contribution in [0.2, 0.25) is 0 Å². The van der Waals surface area contributed by atoms with Crippen LogP contribution in [-0.2, 0) is 0 Å². The SMILES string of the molecule is O=C1C(=Cc2cc3sc(/C=C/c4ccccc4)cc3s2)C(=O)c2cc3ccccc3cc21. The third kappa shape index (κ3) is 3.25. The van der Waals surface area contributed by atoms with Crippen molar-refractivity contribution < 1.29 is 9.59 Å². The highest BCUT2D eigenvalue weighted by Gasteiger charge is 2.33. The summed E-state index contributed by atoms with van der Waals surface area (Å²) in [6.07, 6.45) is 5.98. The first-order valence-corrected chi connectivity index (χ1v) is 11.9. The maximum atomic E-state index is 13.0. The molecule has 0 fully saturated rings. The van der Waals surface area contributed by atoms with E-state index in [0.29, 0.717) is 11.1 Å². The number of benzene rings is 3. The number of allylic oxidation sites excluding steroid dienone is 1. The zero-order valence-electron chi connectivity index (χ0n) is 16.9. The lowest BCUT2D eigenvalue weighted by Crippen LogP contribution is -1.99. The Bertz CT molecular complexity index is 1510. The van der Waals surface area contributed by atoms with E-state index in [2.05, 4.69) is 36.4 Å². The molecule has 152 valence electrons. The van der Waals surface area contributed by atoms with Gasteiger partial charge in [-0.15, -0.1) is 22.7 Å². The number of Topliss-reactive ketones (excluding diaryl/α,β-unsaturated/α-hetero) is 2. The van der Waals surface area contributed by atoms with Crippen molar-refractivity contribution in [2.45, 2.75) is 0 Å². The molecule has 32 heavy (non-hydrogen) atoms. The Kier molecular flexibility index (Phi) is 4.49. The van der Waals surface area contributed by atoms with Gasteiger partial charge < -0.3 is 0 Å². The summed E-state index contributed by atoms with van der Waals surface area (Å²) < 4.78 is 2.33. The lowest BCUT2D eigenvalue weighted by Gasteiger charge is -2.00. The van der Waals surface area contributed by atoms with Crippen molar-refractivity contribution in [2.24, 2.45) is 0 Å². The highest BCUT2D eigenvalue weighted by molar-refractivity contribution is 7.28. The van der Waals surface area contributed by atoms with Crippen LogP contribution in [0.3, 0.4) is 0 Å². The van der Waals surface area contributed by atoms with Gasteiger partial charge in [-0.3, -0.25) is 9.59 Å². The van der Waals surface area contributed by atoms with E-state index in [0.717, 1.165) is 25.0 Å². The van der Waals surface area contributed by atoms with Crippen molar-refractivity contribution in [3.05, 3.63) is 111 Å². The van der Waals surface area contributed by atoms with Crippen molar-refractivity contribution in [1.82, 2.24) is 0 Å². The average molecular weight is 449 g/mol. The topological polar surface area (TPSA) is 34.1 Å². The standard InChI is InChI=1S/C28H16O2S2/c29-27-22-12-18-8-4-5-9-19(18)13-23(22)28(30)24(27)14-21-16-26-25(32-21)15-20(31-26)11-10-17-6-2-1-3-7-17/h1-16H/b11-10+. The second-order valence-electron chi connectivity index (χ2n) is 7.73. The largest absolute Gasteiger partial charge is 0.288 e. The highest BCUT2D eigenvalue weighted by Crippen LogP contribution is 2.37. The van der Waals surface area contributed by atoms with Gasteiger partial charge in [0.2, 0.25) is 0 Å². The van der Waals surface area contributed by atoms with E-state index in [9.17, 15) is 9.59 Å². The third-order valence-electron chi connectivity index (χ3n) is 5.64. The summed E-state index contributed by atoms with van der Waals surface area (Å²) in [4.78, 5) is 28.1. The molecule has 0 bridgehead atoms. The van der Waals surface area contributed by atoms with Crippen LogP contribution >= 0.6 is 22.7 Å². The molecule has 2 aromatic heterocycles. The van der Waals surface area contributed by atoms with E-state index < -0.39 is 0 Å². The molecule has 0 saturated heterocycles. The Labute approximate surface area is 192 Å². The Morgan fingerprint density at radius 1 is 0.594 bits per heavy atom. The third-order valence-corrected chi connectivity index (χ3v) is 7.84. The molecule has 0 spiro atoms. The lowest BCUT2D eigenvalue weighted by molar-refractivity contribution is 0.0990. The Morgan fingerprint density at radius 2 is 1.16 bits per heavy atom. The number of hydrogen-bond acceptors (Lipinski definition) is 4. The molecule has 0 atom stereocenters. The van der Waals surface area contributed by atoms with E-state index in [4.69, 9.17) is 0 Å². The summed E-state index contributed by atoms with van der Waals surface area (Å²) in [6.45, 7) is 0. The molecule has 2 heterocycles. The number of thiophene rings is 2. The maximum Gasteiger partial charge on any atom is 0.197 e. The van der Waals surface area contributed by atoms with E-state index in [-0.39, 0.29) is 17.1 Å². The number of carbonyl (C=O) groups is 2. The second-order valence-corrected chi connectivity index (χ2v) is 9.96.